The Labute approximate surface area is 188 Å². The monoisotopic (exact) mass is 425 g/mol. The first kappa shape index (κ1) is 21.4. The van der Waals surface area contributed by atoms with E-state index >= 15 is 0 Å². The van der Waals surface area contributed by atoms with E-state index in [1.807, 2.05) is 66.9 Å². The van der Waals surface area contributed by atoms with Gasteiger partial charge in [0.15, 0.2) is 0 Å². The lowest BCUT2D eigenvalue weighted by atomic mass is 10.0. The van der Waals surface area contributed by atoms with E-state index in [0.717, 1.165) is 57.5 Å². The van der Waals surface area contributed by atoms with Crippen molar-refractivity contribution < 1.29 is 9.47 Å². The van der Waals surface area contributed by atoms with Crippen LogP contribution in [0.5, 0.6) is 17.2 Å². The first-order valence-corrected chi connectivity index (χ1v) is 10.6. The van der Waals surface area contributed by atoms with Gasteiger partial charge in [-0.15, -0.1) is 0 Å². The number of hydrogen-bond donors (Lipinski definition) is 2. The van der Waals surface area contributed by atoms with Crippen molar-refractivity contribution >= 4 is 17.4 Å². The molecule has 0 saturated carbocycles. The van der Waals surface area contributed by atoms with E-state index in [2.05, 4.69) is 30.1 Å². The van der Waals surface area contributed by atoms with Gasteiger partial charge < -0.3 is 20.2 Å². The topological polar surface area (TPSA) is 72.6 Å². The largest absolute Gasteiger partial charge is 0.497 e. The van der Waals surface area contributed by atoms with Gasteiger partial charge in [0.1, 0.15) is 17.2 Å². The molecule has 2 heterocycles. The van der Waals surface area contributed by atoms with Gasteiger partial charge in [0.25, 0.3) is 0 Å². The molecular formula is C27H27N3O2. The van der Waals surface area contributed by atoms with Crippen molar-refractivity contribution in [3.63, 3.8) is 0 Å². The van der Waals surface area contributed by atoms with Crippen LogP contribution in [0.4, 0.5) is 0 Å². The second-order valence-corrected chi connectivity index (χ2v) is 7.49. The highest BCUT2D eigenvalue weighted by Gasteiger charge is 2.16. The predicted molar refractivity (Wildman–Crippen MR) is 131 cm³/mol. The van der Waals surface area contributed by atoms with E-state index in [-0.39, 0.29) is 0 Å². The van der Waals surface area contributed by atoms with Crippen molar-refractivity contribution in [3.05, 3.63) is 102 Å². The summed E-state index contributed by atoms with van der Waals surface area (Å²) in [6.07, 6.45) is 8.89. The number of ether oxygens (including phenoxy) is 2. The normalized spacial score (nSPS) is 15.0. The zero-order valence-electron chi connectivity index (χ0n) is 18.3. The lowest BCUT2D eigenvalue weighted by Crippen LogP contribution is -2.02. The molecule has 0 aliphatic carbocycles. The quantitative estimate of drug-likeness (QED) is 0.466. The molecule has 4 rings (SSSR count). The Hall–Kier alpha value is -3.83. The van der Waals surface area contributed by atoms with Gasteiger partial charge in [0, 0.05) is 17.5 Å². The van der Waals surface area contributed by atoms with E-state index < -0.39 is 0 Å². The molecule has 5 nitrogen and oxygen atoms in total. The van der Waals surface area contributed by atoms with Gasteiger partial charge in [-0.05, 0) is 91.7 Å². The molecule has 1 aromatic heterocycles. The fourth-order valence-corrected chi connectivity index (χ4v) is 3.58. The Balaban J connectivity index is 1.47. The number of aliphatic imine (C=N–C) groups is 1. The predicted octanol–water partition coefficient (Wildman–Crippen LogP) is 5.99. The fraction of sp³-hybridized carbons (Fsp3) is 0.148. The van der Waals surface area contributed by atoms with E-state index in [4.69, 9.17) is 20.2 Å². The molecule has 1 aliphatic heterocycles. The van der Waals surface area contributed by atoms with Gasteiger partial charge in [-0.3, -0.25) is 0 Å². The Morgan fingerprint density at radius 1 is 0.969 bits per heavy atom. The molecule has 32 heavy (non-hydrogen) atoms. The first-order chi connectivity index (χ1) is 15.7. The Kier molecular flexibility index (Phi) is 6.68. The number of nitrogens with one attached hydrogen (secondary N) is 1. The average molecular weight is 426 g/mol. The summed E-state index contributed by atoms with van der Waals surface area (Å²) >= 11 is 0. The summed E-state index contributed by atoms with van der Waals surface area (Å²) in [5, 5.41) is 0. The summed E-state index contributed by atoms with van der Waals surface area (Å²) in [6.45, 7) is 2.67. The van der Waals surface area contributed by atoms with Crippen molar-refractivity contribution in [2.24, 2.45) is 10.7 Å². The molecule has 0 fully saturated rings. The van der Waals surface area contributed by atoms with Gasteiger partial charge in [-0.2, -0.15) is 0 Å². The number of benzene rings is 2. The third-order valence-electron chi connectivity index (χ3n) is 5.20. The molecule has 3 aromatic rings. The van der Waals surface area contributed by atoms with Crippen LogP contribution in [-0.2, 0) is 0 Å². The minimum Gasteiger partial charge on any atom is -0.497 e. The van der Waals surface area contributed by atoms with Crippen LogP contribution in [0, 0.1) is 0 Å². The molecule has 0 saturated heterocycles. The highest BCUT2D eigenvalue weighted by atomic mass is 16.5. The third kappa shape index (κ3) is 5.07. The molecule has 162 valence electrons. The molecule has 0 spiro atoms. The van der Waals surface area contributed by atoms with Crippen molar-refractivity contribution in [3.8, 4) is 17.2 Å². The second kappa shape index (κ2) is 9.98. The molecule has 5 heteroatoms. The highest BCUT2D eigenvalue weighted by Crippen LogP contribution is 2.30. The van der Waals surface area contributed by atoms with E-state index in [0.29, 0.717) is 6.54 Å². The molecular weight excluding hydrogens is 398 g/mol. The van der Waals surface area contributed by atoms with Crippen LogP contribution in [0.15, 0.2) is 95.3 Å². The summed E-state index contributed by atoms with van der Waals surface area (Å²) < 4.78 is 11.1. The number of aromatic amines is 1. The summed E-state index contributed by atoms with van der Waals surface area (Å²) in [5.41, 5.74) is 12.2. The number of nitrogens with two attached hydrogens (primary N) is 1. The smallest absolute Gasteiger partial charge is 0.127 e. The first-order valence-electron chi connectivity index (χ1n) is 10.6. The maximum Gasteiger partial charge on any atom is 0.127 e. The minimum absolute atomic E-state index is 0.580. The lowest BCUT2D eigenvalue weighted by molar-refractivity contribution is 0.413. The molecule has 2 aromatic carbocycles. The number of aromatic nitrogens is 1. The summed E-state index contributed by atoms with van der Waals surface area (Å²) in [5.74, 6) is 2.35. The lowest BCUT2D eigenvalue weighted by Gasteiger charge is -2.08. The maximum atomic E-state index is 5.89. The average Bonchev–Trinajstić information content (AvgIpc) is 3.48. The van der Waals surface area contributed by atoms with E-state index in [1.165, 1.54) is 0 Å². The van der Waals surface area contributed by atoms with Gasteiger partial charge in [-0.25, -0.2) is 4.99 Å². The van der Waals surface area contributed by atoms with Crippen molar-refractivity contribution in [1.82, 2.24) is 4.98 Å². The fourth-order valence-electron chi connectivity index (χ4n) is 3.58. The molecule has 0 bridgehead atoms. The van der Waals surface area contributed by atoms with Crippen LogP contribution in [0.1, 0.15) is 24.6 Å². The van der Waals surface area contributed by atoms with Crippen LogP contribution in [0.3, 0.4) is 0 Å². The molecule has 1 aliphatic rings. The highest BCUT2D eigenvalue weighted by molar-refractivity contribution is 6.10. The van der Waals surface area contributed by atoms with Gasteiger partial charge in [0.2, 0.25) is 0 Å². The molecule has 3 N–H and O–H groups in total. The SMILES string of the molecule is COc1ccc(Oc2ccc(/C=C/C3=NC(=C(/CCN)c4ccc[nH]4)/C(C)=C3)cc2)cc1. The summed E-state index contributed by atoms with van der Waals surface area (Å²) in [6, 6.07) is 19.5. The van der Waals surface area contributed by atoms with E-state index in [1.54, 1.807) is 7.11 Å². The second-order valence-electron chi connectivity index (χ2n) is 7.49. The van der Waals surface area contributed by atoms with Crippen LogP contribution < -0.4 is 15.2 Å². The van der Waals surface area contributed by atoms with Crippen molar-refractivity contribution in [2.45, 2.75) is 13.3 Å². The van der Waals surface area contributed by atoms with E-state index in [9.17, 15) is 0 Å². The molecule has 0 amide bonds. The third-order valence-corrected chi connectivity index (χ3v) is 5.20. The maximum absolute atomic E-state index is 5.89. The summed E-state index contributed by atoms with van der Waals surface area (Å²) in [7, 11) is 1.65. The Bertz CT molecular complexity index is 1170. The number of H-pyrrole nitrogens is 1. The Morgan fingerprint density at radius 2 is 1.66 bits per heavy atom. The standard InChI is InChI=1S/C27H27N3O2/c1-19-18-21(30-27(19)25(15-16-28)26-4-3-17-29-26)8-5-20-6-9-23(10-7-20)32-24-13-11-22(31-2)12-14-24/h3-14,17-18,29H,15-16,28H2,1-2H3/b8-5+,27-25-. The summed E-state index contributed by atoms with van der Waals surface area (Å²) in [4.78, 5) is 8.13. The molecule has 0 radical (unpaired) electrons. The van der Waals surface area contributed by atoms with Crippen molar-refractivity contribution in [1.29, 1.82) is 0 Å². The number of rotatable bonds is 8. The number of nitrogens with zero attached hydrogens (tertiary/aromatic N) is 1. The molecule has 0 unspecified atom stereocenters. The number of methoxy groups -OCH3 is 1. The van der Waals surface area contributed by atoms with Gasteiger partial charge >= 0.3 is 0 Å². The number of hydrogen-bond acceptors (Lipinski definition) is 4. The van der Waals surface area contributed by atoms with Crippen LogP contribution in [-0.4, -0.2) is 24.4 Å². The van der Waals surface area contributed by atoms with Crippen LogP contribution in [0.25, 0.3) is 11.6 Å². The zero-order chi connectivity index (χ0) is 22.3. The number of allylic oxidation sites excluding steroid dienone is 3. The van der Waals surface area contributed by atoms with Crippen molar-refractivity contribution in [2.75, 3.05) is 13.7 Å². The van der Waals surface area contributed by atoms with Gasteiger partial charge in [-0.1, -0.05) is 18.2 Å². The van der Waals surface area contributed by atoms with Crippen LogP contribution >= 0.6 is 0 Å². The minimum atomic E-state index is 0.580. The zero-order valence-corrected chi connectivity index (χ0v) is 18.3. The van der Waals surface area contributed by atoms with Gasteiger partial charge in [0.05, 0.1) is 18.5 Å². The van der Waals surface area contributed by atoms with Crippen LogP contribution in [0.2, 0.25) is 0 Å². The molecule has 0 atom stereocenters. The Morgan fingerprint density at radius 3 is 2.28 bits per heavy atom.